The van der Waals surface area contributed by atoms with Crippen LogP contribution in [0.2, 0.25) is 0 Å². The number of aromatic amines is 2. The topological polar surface area (TPSA) is 127 Å². The Hall–Kier alpha value is -5.07. The van der Waals surface area contributed by atoms with Gasteiger partial charge in [-0.2, -0.15) is 5.10 Å². The van der Waals surface area contributed by atoms with Crippen molar-refractivity contribution < 1.29 is 18.3 Å². The summed E-state index contributed by atoms with van der Waals surface area (Å²) in [6, 6.07) is 16.3. The molecular formula is C35H35F2N7O3. The number of halogens is 2. The molecule has 2 aromatic heterocycles. The lowest BCUT2D eigenvalue weighted by Crippen LogP contribution is -2.43. The van der Waals surface area contributed by atoms with Gasteiger partial charge in [0.15, 0.2) is 5.82 Å². The number of benzene rings is 3. The minimum Gasteiger partial charge on any atom is -0.381 e. The Morgan fingerprint density at radius 2 is 1.77 bits per heavy atom. The molecule has 0 atom stereocenters. The predicted octanol–water partition coefficient (Wildman–Crippen LogP) is 5.04. The number of ether oxygens (including phenoxy) is 1. The van der Waals surface area contributed by atoms with E-state index in [1.165, 1.54) is 18.2 Å². The maximum atomic E-state index is 14.1. The van der Waals surface area contributed by atoms with E-state index in [-0.39, 0.29) is 23.9 Å². The van der Waals surface area contributed by atoms with Crippen molar-refractivity contribution in [2.24, 2.45) is 0 Å². The number of piperazine rings is 1. The van der Waals surface area contributed by atoms with Gasteiger partial charge >= 0.3 is 0 Å². The van der Waals surface area contributed by atoms with Crippen molar-refractivity contribution in [1.29, 1.82) is 0 Å². The number of carbonyl (C=O) groups is 1. The molecule has 5 N–H and O–H groups in total. The van der Waals surface area contributed by atoms with Gasteiger partial charge in [0.05, 0.1) is 11.1 Å². The summed E-state index contributed by atoms with van der Waals surface area (Å²) in [5, 5.41) is 18.0. The average Bonchev–Trinajstić information content (AvgIpc) is 3.45. The molecule has 0 bridgehead atoms. The molecule has 2 aliphatic heterocycles. The first-order valence-electron chi connectivity index (χ1n) is 15.8. The van der Waals surface area contributed by atoms with Gasteiger partial charge in [-0.05, 0) is 90.0 Å². The van der Waals surface area contributed by atoms with E-state index in [9.17, 15) is 18.4 Å². The number of aromatic nitrogens is 3. The Morgan fingerprint density at radius 3 is 2.53 bits per heavy atom. The fourth-order valence-electron chi connectivity index (χ4n) is 6.37. The normalized spacial score (nSPS) is 15.6. The highest BCUT2D eigenvalue weighted by Crippen LogP contribution is 2.33. The molecule has 2 aliphatic rings. The van der Waals surface area contributed by atoms with Crippen molar-refractivity contribution in [1.82, 2.24) is 20.5 Å². The fraction of sp³-hybridized carbons (Fsp3) is 0.286. The zero-order valence-electron chi connectivity index (χ0n) is 25.7. The summed E-state index contributed by atoms with van der Waals surface area (Å²) in [4.78, 5) is 31.0. The molecule has 5 aromatic rings. The summed E-state index contributed by atoms with van der Waals surface area (Å²) in [7, 11) is 0. The SMILES string of the molecule is O=C(Nc1n[nH]c2cc(-c3cc[nH]c(=O)c3)c(Cc3cc(F)cc(F)c3)cc12)c1ccc(N2CCNCC2)cc1NC1CCOCC1. The second-order valence-electron chi connectivity index (χ2n) is 12.0. The maximum absolute atomic E-state index is 14.1. The first-order chi connectivity index (χ1) is 22.9. The van der Waals surface area contributed by atoms with E-state index in [2.05, 4.69) is 36.0 Å². The number of fused-ring (bicyclic) bond motifs is 1. The number of hydrogen-bond acceptors (Lipinski definition) is 7. The Kier molecular flexibility index (Phi) is 8.68. The van der Waals surface area contributed by atoms with Crippen molar-refractivity contribution in [3.63, 3.8) is 0 Å². The van der Waals surface area contributed by atoms with E-state index in [4.69, 9.17) is 4.74 Å². The molecule has 47 heavy (non-hydrogen) atoms. The quantitative estimate of drug-likeness (QED) is 0.161. The van der Waals surface area contributed by atoms with Crippen LogP contribution in [0, 0.1) is 11.6 Å². The van der Waals surface area contributed by atoms with Gasteiger partial charge in [-0.25, -0.2) is 8.78 Å². The van der Waals surface area contributed by atoms with Crippen molar-refractivity contribution >= 4 is 34.0 Å². The molecule has 1 amide bonds. The lowest BCUT2D eigenvalue weighted by atomic mass is 9.93. The number of pyridine rings is 1. The molecule has 3 aromatic carbocycles. The van der Waals surface area contributed by atoms with E-state index < -0.39 is 11.6 Å². The van der Waals surface area contributed by atoms with Crippen LogP contribution in [0.4, 0.5) is 26.0 Å². The Labute approximate surface area is 269 Å². The van der Waals surface area contributed by atoms with Crippen LogP contribution in [0.5, 0.6) is 0 Å². The molecule has 0 radical (unpaired) electrons. The van der Waals surface area contributed by atoms with Crippen LogP contribution in [-0.2, 0) is 11.2 Å². The molecular weight excluding hydrogens is 604 g/mol. The second-order valence-corrected chi connectivity index (χ2v) is 12.0. The van der Waals surface area contributed by atoms with E-state index in [0.29, 0.717) is 57.8 Å². The van der Waals surface area contributed by atoms with Crippen molar-refractivity contribution in [2.45, 2.75) is 25.3 Å². The van der Waals surface area contributed by atoms with Crippen molar-refractivity contribution in [3.05, 3.63) is 106 Å². The standard InChI is InChI=1S/C35H35F2N7O3/c36-24-14-21(15-25(37)18-24)13-23-16-30-32(20-29(23)22-3-6-39-33(45)17-22)42-43-34(30)41-35(46)28-2-1-27(44-9-7-38-8-10-44)19-31(28)40-26-4-11-47-12-5-26/h1-3,6,14-20,26,38,40H,4-5,7-13H2,(H,39,45)(H2,41,42,43,46). The molecule has 10 nitrogen and oxygen atoms in total. The van der Waals surface area contributed by atoms with E-state index >= 15 is 0 Å². The molecule has 0 aliphatic carbocycles. The van der Waals surface area contributed by atoms with Crippen molar-refractivity contribution in [2.75, 3.05) is 54.9 Å². The van der Waals surface area contributed by atoms with Crippen molar-refractivity contribution in [3.8, 4) is 11.1 Å². The third-order valence-electron chi connectivity index (χ3n) is 8.73. The highest BCUT2D eigenvalue weighted by Gasteiger charge is 2.22. The zero-order valence-corrected chi connectivity index (χ0v) is 25.7. The summed E-state index contributed by atoms with van der Waals surface area (Å²) in [6.45, 7) is 4.89. The molecule has 0 unspecified atom stereocenters. The minimum absolute atomic E-state index is 0.179. The third-order valence-corrected chi connectivity index (χ3v) is 8.73. The maximum Gasteiger partial charge on any atom is 0.258 e. The molecule has 0 saturated carbocycles. The van der Waals surface area contributed by atoms with E-state index in [1.807, 2.05) is 30.3 Å². The van der Waals surface area contributed by atoms with Crippen LogP contribution in [0.25, 0.3) is 22.0 Å². The molecule has 0 spiro atoms. The molecule has 12 heteroatoms. The van der Waals surface area contributed by atoms with Gasteiger partial charge < -0.3 is 30.6 Å². The number of hydrogen-bond donors (Lipinski definition) is 5. The number of rotatable bonds is 8. The zero-order chi connectivity index (χ0) is 32.3. The second kappa shape index (κ2) is 13.3. The fourth-order valence-corrected chi connectivity index (χ4v) is 6.37. The smallest absolute Gasteiger partial charge is 0.258 e. The molecule has 4 heterocycles. The largest absolute Gasteiger partial charge is 0.381 e. The lowest BCUT2D eigenvalue weighted by molar-refractivity contribution is 0.0904. The van der Waals surface area contributed by atoms with Crippen LogP contribution in [0.3, 0.4) is 0 Å². The first-order valence-corrected chi connectivity index (χ1v) is 15.8. The lowest BCUT2D eigenvalue weighted by Gasteiger charge is -2.31. The monoisotopic (exact) mass is 639 g/mol. The van der Waals surface area contributed by atoms with Gasteiger partial charge in [0, 0.05) is 80.5 Å². The highest BCUT2D eigenvalue weighted by atomic mass is 19.1. The summed E-state index contributed by atoms with van der Waals surface area (Å²) in [5.41, 5.74) is 5.08. The van der Waals surface area contributed by atoms with Gasteiger partial charge in [-0.1, -0.05) is 0 Å². The van der Waals surface area contributed by atoms with Crippen LogP contribution >= 0.6 is 0 Å². The molecule has 2 fully saturated rings. The number of H-pyrrole nitrogens is 2. The molecule has 242 valence electrons. The Morgan fingerprint density at radius 1 is 0.979 bits per heavy atom. The van der Waals surface area contributed by atoms with Crippen LogP contribution in [-0.4, -0.2) is 66.5 Å². The summed E-state index contributed by atoms with van der Waals surface area (Å²) in [5.74, 6) is -1.36. The summed E-state index contributed by atoms with van der Waals surface area (Å²) < 4.78 is 33.8. The number of nitrogens with zero attached hydrogens (tertiary/aromatic N) is 2. The molecule has 7 rings (SSSR count). The Bertz CT molecular complexity index is 1960. The van der Waals surface area contributed by atoms with E-state index in [0.717, 1.165) is 56.5 Å². The highest BCUT2D eigenvalue weighted by molar-refractivity contribution is 6.11. The van der Waals surface area contributed by atoms with E-state index in [1.54, 1.807) is 12.3 Å². The van der Waals surface area contributed by atoms with Gasteiger partial charge in [0.1, 0.15) is 11.6 Å². The predicted molar refractivity (Wildman–Crippen MR) is 178 cm³/mol. The minimum atomic E-state index is -0.678. The Balaban J connectivity index is 1.24. The van der Waals surface area contributed by atoms with Crippen LogP contribution in [0.15, 0.2) is 71.7 Å². The summed E-state index contributed by atoms with van der Waals surface area (Å²) >= 11 is 0. The molecule has 2 saturated heterocycles. The first kappa shape index (κ1) is 30.6. The van der Waals surface area contributed by atoms with Gasteiger partial charge in [0.25, 0.3) is 5.91 Å². The number of carbonyl (C=O) groups excluding carboxylic acids is 1. The summed E-state index contributed by atoms with van der Waals surface area (Å²) in [6.07, 6.45) is 3.41. The number of anilines is 3. The number of amides is 1. The van der Waals surface area contributed by atoms with Crippen LogP contribution in [0.1, 0.15) is 34.3 Å². The van der Waals surface area contributed by atoms with Gasteiger partial charge in [0.2, 0.25) is 5.56 Å². The average molecular weight is 640 g/mol. The number of nitrogens with one attached hydrogen (secondary N) is 5. The van der Waals surface area contributed by atoms with Crippen LogP contribution < -0.4 is 26.4 Å². The van der Waals surface area contributed by atoms with Gasteiger partial charge in [-0.15, -0.1) is 0 Å². The van der Waals surface area contributed by atoms with Gasteiger partial charge in [-0.3, -0.25) is 14.7 Å². The third kappa shape index (κ3) is 6.88.